The molecule has 3 rings (SSSR count). The van der Waals surface area contributed by atoms with E-state index in [4.69, 9.17) is 0 Å². The van der Waals surface area contributed by atoms with Gasteiger partial charge in [0, 0.05) is 6.54 Å². The zero-order valence-electron chi connectivity index (χ0n) is 14.9. The van der Waals surface area contributed by atoms with Crippen LogP contribution in [0.25, 0.3) is 5.69 Å². The summed E-state index contributed by atoms with van der Waals surface area (Å²) in [6, 6.07) is 10.5. The maximum Gasteiger partial charge on any atom is 0.352 e. The Kier molecular flexibility index (Phi) is 5.44. The number of amides is 1. The summed E-state index contributed by atoms with van der Waals surface area (Å²) in [4.78, 5) is 37.8. The van der Waals surface area contributed by atoms with Gasteiger partial charge in [0.2, 0.25) is 5.69 Å². The molecule has 1 N–H and O–H groups in total. The Labute approximate surface area is 157 Å². The van der Waals surface area contributed by atoms with Gasteiger partial charge in [-0.2, -0.15) is 9.78 Å². The maximum atomic E-state index is 14.2. The molecule has 0 saturated heterocycles. The van der Waals surface area contributed by atoms with Gasteiger partial charge in [0.1, 0.15) is 17.3 Å². The van der Waals surface area contributed by atoms with Crippen LogP contribution < -0.4 is 16.6 Å². The fourth-order valence-electron chi connectivity index (χ4n) is 2.59. The molecule has 0 aliphatic rings. The van der Waals surface area contributed by atoms with Gasteiger partial charge in [0.05, 0.1) is 6.54 Å². The number of halogens is 2. The summed E-state index contributed by atoms with van der Waals surface area (Å²) >= 11 is 0. The van der Waals surface area contributed by atoms with Crippen molar-refractivity contribution in [3.05, 3.63) is 92.3 Å². The van der Waals surface area contributed by atoms with E-state index in [1.807, 2.05) is 0 Å². The van der Waals surface area contributed by atoms with Crippen molar-refractivity contribution < 1.29 is 13.6 Å². The minimum atomic E-state index is -0.924. The first-order chi connectivity index (χ1) is 13.4. The summed E-state index contributed by atoms with van der Waals surface area (Å²) in [7, 11) is 0. The first-order valence-corrected chi connectivity index (χ1v) is 8.44. The van der Waals surface area contributed by atoms with Crippen LogP contribution in [-0.2, 0) is 6.54 Å². The summed E-state index contributed by atoms with van der Waals surface area (Å²) < 4.78 is 28.8. The Morgan fingerprint density at radius 3 is 2.39 bits per heavy atom. The minimum absolute atomic E-state index is 0.203. The third-order valence-electron chi connectivity index (χ3n) is 3.95. The lowest BCUT2D eigenvalue weighted by Gasteiger charge is -2.12. The van der Waals surface area contributed by atoms with Crippen LogP contribution in [0.5, 0.6) is 0 Å². The minimum Gasteiger partial charge on any atom is -0.351 e. The van der Waals surface area contributed by atoms with Crippen molar-refractivity contribution in [2.45, 2.75) is 13.5 Å². The monoisotopic (exact) mass is 386 g/mol. The predicted molar refractivity (Wildman–Crippen MR) is 97.6 cm³/mol. The number of aromatic nitrogens is 3. The molecule has 1 amide bonds. The van der Waals surface area contributed by atoms with Crippen LogP contribution in [0.4, 0.5) is 8.78 Å². The van der Waals surface area contributed by atoms with Crippen molar-refractivity contribution in [2.24, 2.45) is 0 Å². The molecule has 0 aliphatic carbocycles. The molecule has 2 aromatic carbocycles. The van der Waals surface area contributed by atoms with E-state index in [1.165, 1.54) is 42.5 Å². The number of carbonyl (C=O) groups is 1. The summed E-state index contributed by atoms with van der Waals surface area (Å²) in [5, 5.41) is 6.24. The van der Waals surface area contributed by atoms with Crippen LogP contribution in [0.15, 0.2) is 58.1 Å². The molecule has 3 aromatic rings. The molecule has 1 heterocycles. The van der Waals surface area contributed by atoms with Gasteiger partial charge in [-0.15, -0.1) is 0 Å². The van der Waals surface area contributed by atoms with Crippen molar-refractivity contribution in [2.75, 3.05) is 6.54 Å². The molecular formula is C19H16F2N4O3. The van der Waals surface area contributed by atoms with Crippen molar-refractivity contribution in [1.82, 2.24) is 19.7 Å². The van der Waals surface area contributed by atoms with Crippen molar-refractivity contribution >= 4 is 5.91 Å². The third kappa shape index (κ3) is 3.73. The van der Waals surface area contributed by atoms with Gasteiger partial charge in [-0.05, 0) is 36.8 Å². The normalized spacial score (nSPS) is 10.7. The number of carbonyl (C=O) groups excluding carboxylic acids is 1. The quantitative estimate of drug-likeness (QED) is 0.720. The summed E-state index contributed by atoms with van der Waals surface area (Å²) in [5.41, 5.74) is -2.15. The Morgan fingerprint density at radius 2 is 1.75 bits per heavy atom. The molecule has 28 heavy (non-hydrogen) atoms. The summed E-state index contributed by atoms with van der Waals surface area (Å²) in [6.07, 6.45) is 0. The molecule has 144 valence electrons. The Balaban J connectivity index is 2.23. The highest BCUT2D eigenvalue weighted by Gasteiger charge is 2.21. The topological polar surface area (TPSA) is 86.0 Å². The zero-order chi connectivity index (χ0) is 20.3. The second-order valence-electron chi connectivity index (χ2n) is 5.87. The second-order valence-corrected chi connectivity index (χ2v) is 5.87. The Hall–Kier alpha value is -3.62. The third-order valence-corrected chi connectivity index (χ3v) is 3.95. The highest BCUT2D eigenvalue weighted by Crippen LogP contribution is 2.09. The molecule has 1 aromatic heterocycles. The maximum absolute atomic E-state index is 14.2. The smallest absolute Gasteiger partial charge is 0.351 e. The highest BCUT2D eigenvalue weighted by atomic mass is 19.1. The molecule has 9 heteroatoms. The molecule has 0 saturated carbocycles. The van der Waals surface area contributed by atoms with E-state index in [9.17, 15) is 23.2 Å². The number of rotatable bonds is 5. The lowest BCUT2D eigenvalue weighted by molar-refractivity contribution is 0.0946. The summed E-state index contributed by atoms with van der Waals surface area (Å²) in [6.45, 7) is 1.65. The first kappa shape index (κ1) is 19.2. The van der Waals surface area contributed by atoms with Gasteiger partial charge in [-0.25, -0.2) is 13.6 Å². The lowest BCUT2D eigenvalue weighted by atomic mass is 10.2. The van der Waals surface area contributed by atoms with Gasteiger partial charge in [-0.3, -0.25) is 14.2 Å². The lowest BCUT2D eigenvalue weighted by Crippen LogP contribution is -2.46. The van der Waals surface area contributed by atoms with Crippen LogP contribution in [0.1, 0.15) is 23.0 Å². The molecule has 0 radical (unpaired) electrons. The van der Waals surface area contributed by atoms with Crippen LogP contribution >= 0.6 is 0 Å². The zero-order valence-corrected chi connectivity index (χ0v) is 14.9. The number of nitrogens with one attached hydrogen (secondary N) is 1. The molecular weight excluding hydrogens is 370 g/mol. The Morgan fingerprint density at radius 1 is 1.07 bits per heavy atom. The molecule has 0 fully saturated rings. The predicted octanol–water partition coefficient (Wildman–Crippen LogP) is 1.47. The molecule has 0 aliphatic heterocycles. The molecule has 7 nitrogen and oxygen atoms in total. The van der Waals surface area contributed by atoms with Crippen LogP contribution in [0.3, 0.4) is 0 Å². The van der Waals surface area contributed by atoms with Crippen LogP contribution in [-0.4, -0.2) is 26.8 Å². The second kappa shape index (κ2) is 7.95. The number of para-hydroxylation sites is 1. The largest absolute Gasteiger partial charge is 0.352 e. The van der Waals surface area contributed by atoms with E-state index in [1.54, 1.807) is 6.92 Å². The first-order valence-electron chi connectivity index (χ1n) is 8.44. The van der Waals surface area contributed by atoms with E-state index < -0.39 is 34.5 Å². The van der Waals surface area contributed by atoms with E-state index in [-0.39, 0.29) is 18.8 Å². The van der Waals surface area contributed by atoms with Gasteiger partial charge in [0.15, 0.2) is 0 Å². The van der Waals surface area contributed by atoms with Crippen LogP contribution in [0.2, 0.25) is 0 Å². The fourth-order valence-corrected chi connectivity index (χ4v) is 2.59. The highest BCUT2D eigenvalue weighted by molar-refractivity contribution is 5.91. The molecule has 0 unspecified atom stereocenters. The van der Waals surface area contributed by atoms with Gasteiger partial charge >= 0.3 is 5.69 Å². The number of hydrogen-bond donors (Lipinski definition) is 1. The van der Waals surface area contributed by atoms with E-state index >= 15 is 0 Å². The average molecular weight is 386 g/mol. The van der Waals surface area contributed by atoms with Gasteiger partial charge in [0.25, 0.3) is 11.5 Å². The fraction of sp³-hybridized carbons (Fsp3) is 0.158. The van der Waals surface area contributed by atoms with Gasteiger partial charge in [-0.1, -0.05) is 24.3 Å². The van der Waals surface area contributed by atoms with Gasteiger partial charge < -0.3 is 5.32 Å². The average Bonchev–Trinajstić information content (AvgIpc) is 2.68. The molecule has 0 atom stereocenters. The standard InChI is InChI=1S/C19H16F2N4O3/c1-2-22-17(26)16-18(27)24(11-12-7-9-13(20)10-8-12)19(28)25(23-16)15-6-4-3-5-14(15)21/h3-10H,2,11H2,1H3,(H,22,26). The Bertz CT molecular complexity index is 1140. The van der Waals surface area contributed by atoms with E-state index in [0.29, 0.717) is 10.2 Å². The van der Waals surface area contributed by atoms with E-state index in [0.717, 1.165) is 10.6 Å². The summed E-state index contributed by atoms with van der Waals surface area (Å²) in [5.74, 6) is -2.01. The van der Waals surface area contributed by atoms with Crippen molar-refractivity contribution in [1.29, 1.82) is 0 Å². The van der Waals surface area contributed by atoms with E-state index in [2.05, 4.69) is 10.4 Å². The SMILES string of the molecule is CCNC(=O)c1nn(-c2ccccc2F)c(=O)n(Cc2ccc(F)cc2)c1=O. The number of hydrogen-bond acceptors (Lipinski definition) is 4. The van der Waals surface area contributed by atoms with Crippen molar-refractivity contribution in [3.63, 3.8) is 0 Å². The van der Waals surface area contributed by atoms with Crippen LogP contribution in [0, 0.1) is 11.6 Å². The number of benzene rings is 2. The number of nitrogens with zero attached hydrogens (tertiary/aromatic N) is 3. The molecule has 0 bridgehead atoms. The van der Waals surface area contributed by atoms with Crippen molar-refractivity contribution in [3.8, 4) is 5.69 Å². The molecule has 0 spiro atoms.